The zero-order valence-corrected chi connectivity index (χ0v) is 18.4. The van der Waals surface area contributed by atoms with Gasteiger partial charge in [0.25, 0.3) is 10.0 Å². The fraction of sp³-hybridized carbons (Fsp3) is 0.250. The number of methoxy groups -OCH3 is 2. The van der Waals surface area contributed by atoms with Gasteiger partial charge in [0.1, 0.15) is 5.82 Å². The highest BCUT2D eigenvalue weighted by Gasteiger charge is 2.22. The average molecular weight is 454 g/mol. The van der Waals surface area contributed by atoms with E-state index in [1.54, 1.807) is 19.9 Å². The van der Waals surface area contributed by atoms with Crippen LogP contribution in [0.4, 0.5) is 10.1 Å². The number of hydrogen-bond acceptors (Lipinski definition) is 5. The molecule has 0 saturated carbocycles. The molecule has 0 atom stereocenters. The van der Waals surface area contributed by atoms with Gasteiger partial charge in [-0.3, -0.25) is 9.40 Å². The van der Waals surface area contributed by atoms with E-state index in [1.807, 2.05) is 0 Å². The molecule has 0 aliphatic heterocycles. The number of aryl methyl sites for hydroxylation is 1. The van der Waals surface area contributed by atoms with Gasteiger partial charge in [-0.15, -0.1) is 0 Å². The van der Waals surface area contributed by atoms with E-state index in [4.69, 9.17) is 21.1 Å². The summed E-state index contributed by atoms with van der Waals surface area (Å²) in [5.74, 6) is 0.250. The highest BCUT2D eigenvalue weighted by molar-refractivity contribution is 7.92. The van der Waals surface area contributed by atoms with E-state index < -0.39 is 15.8 Å². The van der Waals surface area contributed by atoms with Gasteiger partial charge in [0.15, 0.2) is 11.5 Å². The summed E-state index contributed by atoms with van der Waals surface area (Å²) in [6.07, 6.45) is 0. The van der Waals surface area contributed by atoms with E-state index in [1.165, 1.54) is 49.2 Å². The van der Waals surface area contributed by atoms with Crippen LogP contribution in [0.3, 0.4) is 0 Å². The summed E-state index contributed by atoms with van der Waals surface area (Å²) in [6, 6.07) is 8.72. The topological polar surface area (TPSA) is 82.5 Å². The molecular weight excluding hydrogens is 433 g/mol. The zero-order valence-electron chi connectivity index (χ0n) is 16.9. The molecule has 2 aromatic carbocycles. The molecule has 0 aliphatic rings. The van der Waals surface area contributed by atoms with Gasteiger partial charge in [-0.1, -0.05) is 17.7 Å². The standard InChI is InChI=1S/C20H21ClFN3O4S/c1-12-20(13(2)25(23-12)11-15-16(21)6-5-7-17(15)22)24-30(26,27)14-8-9-18(28-3)19(10-14)29-4/h5-10,24H,11H2,1-4H3. The van der Waals surface area contributed by atoms with Gasteiger partial charge < -0.3 is 9.47 Å². The Morgan fingerprint density at radius 1 is 1.13 bits per heavy atom. The first-order valence-electron chi connectivity index (χ1n) is 8.89. The van der Waals surface area contributed by atoms with Crippen molar-refractivity contribution in [2.75, 3.05) is 18.9 Å². The van der Waals surface area contributed by atoms with Gasteiger partial charge in [0, 0.05) is 16.7 Å². The Morgan fingerprint density at radius 2 is 1.83 bits per heavy atom. The predicted octanol–water partition coefficient (Wildman–Crippen LogP) is 4.16. The molecule has 0 aliphatic carbocycles. The smallest absolute Gasteiger partial charge is 0.262 e. The lowest BCUT2D eigenvalue weighted by Gasteiger charge is -2.12. The van der Waals surface area contributed by atoms with Gasteiger partial charge >= 0.3 is 0 Å². The lowest BCUT2D eigenvalue weighted by molar-refractivity contribution is 0.354. The van der Waals surface area contributed by atoms with E-state index >= 15 is 0 Å². The second-order valence-electron chi connectivity index (χ2n) is 6.53. The van der Waals surface area contributed by atoms with E-state index in [0.717, 1.165) is 0 Å². The van der Waals surface area contributed by atoms with Crippen molar-refractivity contribution < 1.29 is 22.3 Å². The average Bonchev–Trinajstić information content (AvgIpc) is 2.97. The first kappa shape index (κ1) is 21.9. The Balaban J connectivity index is 1.94. The molecule has 0 unspecified atom stereocenters. The summed E-state index contributed by atoms with van der Waals surface area (Å²) in [5, 5.41) is 4.62. The molecule has 3 aromatic rings. The first-order chi connectivity index (χ1) is 14.2. The van der Waals surface area contributed by atoms with Crippen molar-refractivity contribution in [3.05, 3.63) is 64.2 Å². The fourth-order valence-electron chi connectivity index (χ4n) is 3.01. The van der Waals surface area contributed by atoms with Crippen molar-refractivity contribution in [3.8, 4) is 11.5 Å². The third-order valence-electron chi connectivity index (χ3n) is 4.65. The van der Waals surface area contributed by atoms with Crippen molar-refractivity contribution >= 4 is 27.3 Å². The number of rotatable bonds is 7. The zero-order chi connectivity index (χ0) is 22.1. The van der Waals surface area contributed by atoms with Crippen LogP contribution in [0.5, 0.6) is 11.5 Å². The summed E-state index contributed by atoms with van der Waals surface area (Å²) in [5.41, 5.74) is 1.57. The van der Waals surface area contributed by atoms with Crippen LogP contribution in [0.1, 0.15) is 17.0 Å². The van der Waals surface area contributed by atoms with Crippen molar-refractivity contribution in [1.29, 1.82) is 0 Å². The van der Waals surface area contributed by atoms with Gasteiger partial charge in [0.2, 0.25) is 0 Å². The molecular formula is C20H21ClFN3O4S. The normalized spacial score (nSPS) is 11.4. The van der Waals surface area contributed by atoms with Crippen LogP contribution in [0.25, 0.3) is 0 Å². The number of aromatic nitrogens is 2. The highest BCUT2D eigenvalue weighted by Crippen LogP contribution is 2.31. The largest absolute Gasteiger partial charge is 0.493 e. The minimum Gasteiger partial charge on any atom is -0.493 e. The number of halogens is 2. The van der Waals surface area contributed by atoms with Gasteiger partial charge in [-0.05, 0) is 38.1 Å². The maximum Gasteiger partial charge on any atom is 0.262 e. The minimum absolute atomic E-state index is 0.00356. The summed E-state index contributed by atoms with van der Waals surface area (Å²) in [7, 11) is -1.04. The molecule has 0 spiro atoms. The molecule has 0 amide bonds. The van der Waals surface area contributed by atoms with E-state index in [2.05, 4.69) is 9.82 Å². The minimum atomic E-state index is -3.93. The molecule has 1 heterocycles. The second kappa shape index (κ2) is 8.53. The summed E-state index contributed by atoms with van der Waals surface area (Å²) in [6.45, 7) is 3.43. The first-order valence-corrected chi connectivity index (χ1v) is 10.8. The summed E-state index contributed by atoms with van der Waals surface area (Å²) in [4.78, 5) is 0.00356. The summed E-state index contributed by atoms with van der Waals surface area (Å²) < 4.78 is 54.4. The second-order valence-corrected chi connectivity index (χ2v) is 8.62. The molecule has 160 valence electrons. The molecule has 3 rings (SSSR count). The van der Waals surface area contributed by atoms with Crippen LogP contribution in [-0.4, -0.2) is 32.4 Å². The van der Waals surface area contributed by atoms with Crippen LogP contribution in [0, 0.1) is 19.7 Å². The Kier molecular flexibility index (Phi) is 6.23. The monoisotopic (exact) mass is 453 g/mol. The number of sulfonamides is 1. The Morgan fingerprint density at radius 3 is 2.47 bits per heavy atom. The molecule has 7 nitrogen and oxygen atoms in total. The Hall–Kier alpha value is -2.78. The van der Waals surface area contributed by atoms with Crippen LogP contribution in [0.2, 0.25) is 5.02 Å². The van der Waals surface area contributed by atoms with Crippen LogP contribution < -0.4 is 14.2 Å². The third kappa shape index (κ3) is 4.22. The highest BCUT2D eigenvalue weighted by atomic mass is 35.5. The molecule has 30 heavy (non-hydrogen) atoms. The fourth-order valence-corrected chi connectivity index (χ4v) is 4.42. The number of benzene rings is 2. The predicted molar refractivity (Wildman–Crippen MR) is 113 cm³/mol. The quantitative estimate of drug-likeness (QED) is 0.580. The molecule has 1 aromatic heterocycles. The number of ether oxygens (including phenoxy) is 2. The molecule has 0 radical (unpaired) electrons. The maximum atomic E-state index is 14.1. The van der Waals surface area contributed by atoms with Crippen LogP contribution in [0.15, 0.2) is 41.3 Å². The lowest BCUT2D eigenvalue weighted by Crippen LogP contribution is -2.14. The van der Waals surface area contributed by atoms with Crippen LogP contribution in [-0.2, 0) is 16.6 Å². The SMILES string of the molecule is COc1ccc(S(=O)(=O)Nc2c(C)nn(Cc3c(F)cccc3Cl)c2C)cc1OC. The molecule has 1 N–H and O–H groups in total. The maximum absolute atomic E-state index is 14.1. The van der Waals surface area contributed by atoms with Crippen molar-refractivity contribution in [1.82, 2.24) is 9.78 Å². The molecule has 0 saturated heterocycles. The van der Waals surface area contributed by atoms with Gasteiger partial charge in [0.05, 0.1) is 42.7 Å². The third-order valence-corrected chi connectivity index (χ3v) is 6.35. The van der Waals surface area contributed by atoms with Crippen molar-refractivity contribution in [2.24, 2.45) is 0 Å². The number of hydrogen-bond donors (Lipinski definition) is 1. The van der Waals surface area contributed by atoms with Gasteiger partial charge in [-0.2, -0.15) is 5.10 Å². The molecule has 10 heteroatoms. The Bertz CT molecular complexity index is 1170. The molecule has 0 fully saturated rings. The Labute approximate surface area is 179 Å². The number of nitrogens with zero attached hydrogens (tertiary/aromatic N) is 2. The number of nitrogens with one attached hydrogen (secondary N) is 1. The van der Waals surface area contributed by atoms with E-state index in [-0.39, 0.29) is 22.0 Å². The van der Waals surface area contributed by atoms with Gasteiger partial charge in [-0.25, -0.2) is 12.8 Å². The molecule has 0 bridgehead atoms. The van der Waals surface area contributed by atoms with E-state index in [0.29, 0.717) is 28.6 Å². The lowest BCUT2D eigenvalue weighted by atomic mass is 10.2. The van der Waals surface area contributed by atoms with Crippen LogP contribution >= 0.6 is 11.6 Å². The van der Waals surface area contributed by atoms with Crippen molar-refractivity contribution in [2.45, 2.75) is 25.3 Å². The summed E-state index contributed by atoms with van der Waals surface area (Å²) >= 11 is 6.10. The number of anilines is 1. The van der Waals surface area contributed by atoms with E-state index in [9.17, 15) is 12.8 Å². The van der Waals surface area contributed by atoms with Crippen molar-refractivity contribution in [3.63, 3.8) is 0 Å².